The van der Waals surface area contributed by atoms with Crippen molar-refractivity contribution in [2.24, 2.45) is 16.8 Å². The summed E-state index contributed by atoms with van der Waals surface area (Å²) >= 11 is 0. The van der Waals surface area contributed by atoms with Gasteiger partial charge in [0.15, 0.2) is 6.17 Å². The van der Waals surface area contributed by atoms with Gasteiger partial charge in [0, 0.05) is 0 Å². The van der Waals surface area contributed by atoms with Gasteiger partial charge in [-0.3, -0.25) is 10.5 Å². The predicted octanol–water partition coefficient (Wildman–Crippen LogP) is -1.33. The second-order valence-electron chi connectivity index (χ2n) is 3.56. The molecule has 1 aliphatic carbocycles. The molecule has 2 rings (SSSR count). The molecule has 3 atom stereocenters. The number of allylic oxidation sites excluding steroid dienone is 3. The van der Waals surface area contributed by atoms with Gasteiger partial charge in [0.25, 0.3) is 5.84 Å². The lowest BCUT2D eigenvalue weighted by Crippen LogP contribution is -2.43. The van der Waals surface area contributed by atoms with Gasteiger partial charge in [-0.15, -0.1) is 0 Å². The summed E-state index contributed by atoms with van der Waals surface area (Å²) in [6.45, 7) is 0. The third-order valence-corrected chi connectivity index (χ3v) is 2.61. The summed E-state index contributed by atoms with van der Waals surface area (Å²) in [5.41, 5.74) is 5.71. The van der Waals surface area contributed by atoms with E-state index in [9.17, 15) is 10.3 Å². The van der Waals surface area contributed by atoms with E-state index in [0.29, 0.717) is 10.5 Å². The summed E-state index contributed by atoms with van der Waals surface area (Å²) in [6.07, 6.45) is 4.78. The monoisotopic (exact) mass is 224 g/mol. The van der Waals surface area contributed by atoms with Crippen LogP contribution in [0.25, 0.3) is 0 Å². The van der Waals surface area contributed by atoms with Crippen LogP contribution in [-0.2, 0) is 0 Å². The smallest absolute Gasteiger partial charge is 0.291 e. The first kappa shape index (κ1) is 10.7. The molecule has 0 aromatic heterocycles. The zero-order chi connectivity index (χ0) is 11.7. The quantitative estimate of drug-likeness (QED) is 0.191. The van der Waals surface area contributed by atoms with Crippen molar-refractivity contribution >= 4 is 11.5 Å². The maximum atomic E-state index is 11.6. The van der Waals surface area contributed by atoms with Gasteiger partial charge >= 0.3 is 0 Å². The Morgan fingerprint density at radius 2 is 2.25 bits per heavy atom. The van der Waals surface area contributed by atoms with E-state index in [1.165, 1.54) is 0 Å². The summed E-state index contributed by atoms with van der Waals surface area (Å²) in [7, 11) is 0. The van der Waals surface area contributed by atoms with Gasteiger partial charge in [-0.25, -0.2) is 5.32 Å². The normalized spacial score (nSPS) is 36.3. The lowest BCUT2D eigenvalue weighted by atomic mass is 9.95. The van der Waals surface area contributed by atoms with Gasteiger partial charge in [-0.1, -0.05) is 23.4 Å². The van der Waals surface area contributed by atoms with Crippen LogP contribution in [0.5, 0.6) is 0 Å². The molecule has 2 aliphatic rings. The molecule has 1 aliphatic heterocycles. The number of aliphatic hydroxyl groups is 1. The van der Waals surface area contributed by atoms with E-state index in [1.54, 1.807) is 24.3 Å². The Hall–Kier alpha value is -1.86. The van der Waals surface area contributed by atoms with Crippen LogP contribution >= 0.6 is 0 Å². The summed E-state index contributed by atoms with van der Waals surface area (Å²) in [5, 5.41) is 35.5. The number of aliphatic hydroxyl groups excluding tert-OH is 1. The summed E-state index contributed by atoms with van der Waals surface area (Å²) in [5.74, 6) is -0.645. The van der Waals surface area contributed by atoms with Gasteiger partial charge in [0.1, 0.15) is 0 Å². The van der Waals surface area contributed by atoms with Crippen molar-refractivity contribution < 1.29 is 15.1 Å². The molecule has 7 nitrogen and oxygen atoms in total. The second-order valence-corrected chi connectivity index (χ2v) is 3.56. The molecule has 0 saturated carbocycles. The molecule has 0 spiro atoms. The van der Waals surface area contributed by atoms with Gasteiger partial charge < -0.3 is 15.5 Å². The molecule has 0 radical (unpaired) electrons. The van der Waals surface area contributed by atoms with E-state index in [0.717, 1.165) is 0 Å². The van der Waals surface area contributed by atoms with Crippen LogP contribution in [0.15, 0.2) is 29.5 Å². The van der Waals surface area contributed by atoms with Crippen molar-refractivity contribution in [2.45, 2.75) is 12.4 Å². The minimum Gasteiger partial charge on any atom is -0.714 e. The van der Waals surface area contributed by atoms with Crippen LogP contribution in [0.2, 0.25) is 0 Å². The minimum absolute atomic E-state index is 0.190. The summed E-state index contributed by atoms with van der Waals surface area (Å²) in [4.78, 5) is 0. The number of nitrogens with zero attached hydrogens (tertiary/aromatic N) is 2. The maximum absolute atomic E-state index is 11.6. The molecule has 16 heavy (non-hydrogen) atoms. The molecule has 86 valence electrons. The van der Waals surface area contributed by atoms with Crippen LogP contribution in [0, 0.1) is 11.1 Å². The van der Waals surface area contributed by atoms with Crippen molar-refractivity contribution in [1.29, 1.82) is 0 Å². The standard InChI is InChI=1S/C9H12N4O3/c10-7-9(14)11-8(13(7)16)5-3-1-2-4-6(5)12-15/h1-5,8-9,11,14-15H,10H2/b12-6-. The molecule has 0 saturated heterocycles. The maximum Gasteiger partial charge on any atom is 0.291 e. The second kappa shape index (κ2) is 3.95. The van der Waals surface area contributed by atoms with Crippen LogP contribution in [-0.4, -0.2) is 39.0 Å². The van der Waals surface area contributed by atoms with E-state index < -0.39 is 18.3 Å². The SMILES string of the molecule is NC1=[N+]([O-])C(C2C=CC=C/C2=N/O)NC1O. The van der Waals surface area contributed by atoms with E-state index in [-0.39, 0.29) is 5.84 Å². The average Bonchev–Trinajstić information content (AvgIpc) is 2.57. The molecule has 0 fully saturated rings. The highest BCUT2D eigenvalue weighted by Crippen LogP contribution is 2.17. The Balaban J connectivity index is 2.27. The number of nitrogens with one attached hydrogen (secondary N) is 1. The number of hydrogen-bond acceptors (Lipinski definition) is 6. The first-order valence-electron chi connectivity index (χ1n) is 4.74. The molecule has 7 heteroatoms. The Morgan fingerprint density at radius 1 is 1.50 bits per heavy atom. The first-order chi connectivity index (χ1) is 7.65. The van der Waals surface area contributed by atoms with Crippen molar-refractivity contribution in [1.82, 2.24) is 5.32 Å². The van der Waals surface area contributed by atoms with E-state index in [2.05, 4.69) is 10.5 Å². The molecule has 5 N–H and O–H groups in total. The number of amidine groups is 1. The van der Waals surface area contributed by atoms with Crippen LogP contribution in [0.4, 0.5) is 0 Å². The number of oxime groups is 1. The lowest BCUT2D eigenvalue weighted by Gasteiger charge is -2.24. The Labute approximate surface area is 91.4 Å². The number of hydrogen-bond donors (Lipinski definition) is 4. The molecule has 0 aromatic rings. The largest absolute Gasteiger partial charge is 0.714 e. The van der Waals surface area contributed by atoms with Crippen LogP contribution in [0.1, 0.15) is 0 Å². The third-order valence-electron chi connectivity index (χ3n) is 2.61. The first-order valence-corrected chi connectivity index (χ1v) is 4.74. The summed E-state index contributed by atoms with van der Waals surface area (Å²) in [6, 6.07) is 0. The fourth-order valence-corrected chi connectivity index (χ4v) is 1.76. The Morgan fingerprint density at radius 3 is 2.81 bits per heavy atom. The Kier molecular flexibility index (Phi) is 2.63. The van der Waals surface area contributed by atoms with E-state index in [1.807, 2.05) is 0 Å². The highest BCUT2D eigenvalue weighted by Gasteiger charge is 2.38. The van der Waals surface area contributed by atoms with Crippen molar-refractivity contribution in [3.63, 3.8) is 0 Å². The van der Waals surface area contributed by atoms with Crippen LogP contribution in [0.3, 0.4) is 0 Å². The minimum atomic E-state index is -1.17. The summed E-state index contributed by atoms with van der Waals surface area (Å²) < 4.78 is 0.490. The molecule has 1 heterocycles. The highest BCUT2D eigenvalue weighted by molar-refractivity contribution is 5.99. The van der Waals surface area contributed by atoms with Gasteiger partial charge in [-0.2, -0.15) is 0 Å². The molecular formula is C9H12N4O3. The topological polar surface area (TPSA) is 117 Å². The van der Waals surface area contributed by atoms with Crippen LogP contribution < -0.4 is 11.1 Å². The third kappa shape index (κ3) is 1.55. The molecule has 0 bridgehead atoms. The fourth-order valence-electron chi connectivity index (χ4n) is 1.76. The fraction of sp³-hybridized carbons (Fsp3) is 0.333. The number of hydroxylamine groups is 1. The van der Waals surface area contributed by atoms with Gasteiger partial charge in [0.05, 0.1) is 11.6 Å². The lowest BCUT2D eigenvalue weighted by molar-refractivity contribution is -0.502. The van der Waals surface area contributed by atoms with Gasteiger partial charge in [-0.05, 0) is 6.08 Å². The zero-order valence-corrected chi connectivity index (χ0v) is 8.32. The number of rotatable bonds is 1. The molecule has 3 unspecified atom stereocenters. The van der Waals surface area contributed by atoms with E-state index >= 15 is 0 Å². The average molecular weight is 224 g/mol. The Bertz CT molecular complexity index is 413. The zero-order valence-electron chi connectivity index (χ0n) is 8.32. The molecular weight excluding hydrogens is 212 g/mol. The van der Waals surface area contributed by atoms with Crippen molar-refractivity contribution in [3.8, 4) is 0 Å². The van der Waals surface area contributed by atoms with Crippen molar-refractivity contribution in [2.75, 3.05) is 0 Å². The van der Waals surface area contributed by atoms with Gasteiger partial charge in [0.2, 0.25) is 6.23 Å². The predicted molar refractivity (Wildman–Crippen MR) is 56.7 cm³/mol. The van der Waals surface area contributed by atoms with E-state index in [4.69, 9.17) is 10.9 Å². The highest BCUT2D eigenvalue weighted by atomic mass is 16.5. The number of nitrogens with two attached hydrogens (primary N) is 1. The van der Waals surface area contributed by atoms with Crippen molar-refractivity contribution in [3.05, 3.63) is 29.5 Å². The molecule has 0 amide bonds. The molecule has 0 aromatic carbocycles.